The van der Waals surface area contributed by atoms with Crippen molar-refractivity contribution in [2.75, 3.05) is 13.1 Å². The maximum absolute atomic E-state index is 11.4. The van der Waals surface area contributed by atoms with E-state index in [-0.39, 0.29) is 5.92 Å². The smallest absolute Gasteiger partial charge is 0.308 e. The standard InChI is InChI=1S/C14H23NO2/c1-2-3-9-7-15(8-9)13-11-5-4-10(6-11)12(13)14(16)17/h9-13H,2-8H2,1H3,(H,16,17). The number of likely N-dealkylation sites (tertiary alicyclic amines) is 1. The molecule has 0 aromatic heterocycles. The van der Waals surface area contributed by atoms with E-state index in [0.717, 1.165) is 25.4 Å². The van der Waals surface area contributed by atoms with Crippen LogP contribution in [0.3, 0.4) is 0 Å². The number of rotatable bonds is 4. The first-order valence-corrected chi connectivity index (χ1v) is 7.17. The van der Waals surface area contributed by atoms with Crippen LogP contribution in [0.4, 0.5) is 0 Å². The fourth-order valence-corrected chi connectivity index (χ4v) is 4.58. The van der Waals surface area contributed by atoms with Gasteiger partial charge in [0.2, 0.25) is 0 Å². The lowest BCUT2D eigenvalue weighted by molar-refractivity contribution is -0.148. The molecule has 3 aliphatic rings. The molecule has 3 heteroatoms. The molecule has 0 radical (unpaired) electrons. The molecule has 2 aliphatic carbocycles. The second-order valence-corrected chi connectivity index (χ2v) is 6.30. The molecule has 1 heterocycles. The number of carbonyl (C=O) groups is 1. The van der Waals surface area contributed by atoms with Crippen LogP contribution in [0.5, 0.6) is 0 Å². The first-order valence-electron chi connectivity index (χ1n) is 7.17. The Morgan fingerprint density at radius 2 is 2.00 bits per heavy atom. The van der Waals surface area contributed by atoms with Gasteiger partial charge < -0.3 is 5.11 Å². The molecule has 3 rings (SSSR count). The van der Waals surface area contributed by atoms with Gasteiger partial charge in [-0.05, 0) is 43.4 Å². The molecule has 1 aliphatic heterocycles. The van der Waals surface area contributed by atoms with Crippen molar-refractivity contribution < 1.29 is 9.90 Å². The zero-order valence-corrected chi connectivity index (χ0v) is 10.6. The molecule has 2 bridgehead atoms. The van der Waals surface area contributed by atoms with Crippen LogP contribution < -0.4 is 0 Å². The molecular weight excluding hydrogens is 214 g/mol. The fraction of sp³-hybridized carbons (Fsp3) is 0.929. The van der Waals surface area contributed by atoms with E-state index in [0.29, 0.717) is 17.9 Å². The van der Waals surface area contributed by atoms with Crippen LogP contribution in [0.1, 0.15) is 39.0 Å². The summed E-state index contributed by atoms with van der Waals surface area (Å²) >= 11 is 0. The minimum atomic E-state index is -0.541. The predicted octanol–water partition coefficient (Wildman–Crippen LogP) is 2.22. The van der Waals surface area contributed by atoms with Crippen molar-refractivity contribution in [1.29, 1.82) is 0 Å². The minimum Gasteiger partial charge on any atom is -0.481 e. The van der Waals surface area contributed by atoms with Crippen LogP contribution in [-0.4, -0.2) is 35.1 Å². The Bertz CT molecular complexity index is 311. The lowest BCUT2D eigenvalue weighted by atomic mass is 9.80. The van der Waals surface area contributed by atoms with Crippen LogP contribution in [0.15, 0.2) is 0 Å². The molecule has 0 aromatic rings. The number of carboxylic acid groups (broad SMARTS) is 1. The summed E-state index contributed by atoms with van der Waals surface area (Å²) in [4.78, 5) is 13.9. The van der Waals surface area contributed by atoms with E-state index >= 15 is 0 Å². The molecule has 17 heavy (non-hydrogen) atoms. The first-order chi connectivity index (χ1) is 8.20. The maximum Gasteiger partial charge on any atom is 0.308 e. The van der Waals surface area contributed by atoms with E-state index in [1.807, 2.05) is 0 Å². The molecule has 1 saturated heterocycles. The largest absolute Gasteiger partial charge is 0.481 e. The number of nitrogens with zero attached hydrogens (tertiary/aromatic N) is 1. The van der Waals surface area contributed by atoms with Crippen molar-refractivity contribution in [3.8, 4) is 0 Å². The van der Waals surface area contributed by atoms with Crippen LogP contribution in [0.2, 0.25) is 0 Å². The number of hydrogen-bond donors (Lipinski definition) is 1. The highest BCUT2D eigenvalue weighted by molar-refractivity contribution is 5.72. The van der Waals surface area contributed by atoms with Gasteiger partial charge in [-0.2, -0.15) is 0 Å². The van der Waals surface area contributed by atoms with E-state index in [1.54, 1.807) is 0 Å². The Kier molecular flexibility index (Phi) is 2.89. The average Bonchev–Trinajstić information content (AvgIpc) is 2.81. The van der Waals surface area contributed by atoms with Crippen LogP contribution in [-0.2, 0) is 4.79 Å². The molecular formula is C14H23NO2. The van der Waals surface area contributed by atoms with Gasteiger partial charge in [0.15, 0.2) is 0 Å². The monoisotopic (exact) mass is 237 g/mol. The van der Waals surface area contributed by atoms with E-state index in [1.165, 1.54) is 25.7 Å². The van der Waals surface area contributed by atoms with Gasteiger partial charge in [-0.1, -0.05) is 13.3 Å². The summed E-state index contributed by atoms with van der Waals surface area (Å²) in [6.45, 7) is 4.55. The van der Waals surface area contributed by atoms with Crippen molar-refractivity contribution >= 4 is 5.97 Å². The summed E-state index contributed by atoms with van der Waals surface area (Å²) in [6.07, 6.45) is 6.18. The molecule has 4 atom stereocenters. The van der Waals surface area contributed by atoms with E-state index in [9.17, 15) is 9.90 Å². The Morgan fingerprint density at radius 3 is 2.65 bits per heavy atom. The third-order valence-corrected chi connectivity index (χ3v) is 5.26. The summed E-state index contributed by atoms with van der Waals surface area (Å²) in [5.41, 5.74) is 0. The lowest BCUT2D eigenvalue weighted by Gasteiger charge is -2.48. The molecule has 3 nitrogen and oxygen atoms in total. The van der Waals surface area contributed by atoms with Crippen LogP contribution in [0.25, 0.3) is 0 Å². The molecule has 2 saturated carbocycles. The fourth-order valence-electron chi connectivity index (χ4n) is 4.58. The average molecular weight is 237 g/mol. The first kappa shape index (κ1) is 11.5. The molecule has 1 N–H and O–H groups in total. The third-order valence-electron chi connectivity index (χ3n) is 5.26. The topological polar surface area (TPSA) is 40.5 Å². The van der Waals surface area contributed by atoms with Gasteiger partial charge in [0.25, 0.3) is 0 Å². The highest BCUT2D eigenvalue weighted by atomic mass is 16.4. The van der Waals surface area contributed by atoms with Gasteiger partial charge in [-0.15, -0.1) is 0 Å². The van der Waals surface area contributed by atoms with Crippen molar-refractivity contribution in [3.05, 3.63) is 0 Å². The van der Waals surface area contributed by atoms with Crippen LogP contribution in [0, 0.1) is 23.7 Å². The van der Waals surface area contributed by atoms with Crippen molar-refractivity contribution in [1.82, 2.24) is 4.90 Å². The zero-order chi connectivity index (χ0) is 12.0. The second-order valence-electron chi connectivity index (χ2n) is 6.30. The molecule has 4 unspecified atom stereocenters. The summed E-state index contributed by atoms with van der Waals surface area (Å²) in [5.74, 6) is 1.41. The van der Waals surface area contributed by atoms with Gasteiger partial charge >= 0.3 is 5.97 Å². The Morgan fingerprint density at radius 1 is 1.29 bits per heavy atom. The maximum atomic E-state index is 11.4. The summed E-state index contributed by atoms with van der Waals surface area (Å²) < 4.78 is 0. The highest BCUT2D eigenvalue weighted by Crippen LogP contribution is 2.51. The van der Waals surface area contributed by atoms with Gasteiger partial charge in [0.05, 0.1) is 5.92 Å². The Balaban J connectivity index is 1.65. The van der Waals surface area contributed by atoms with Crippen molar-refractivity contribution in [2.45, 2.75) is 45.1 Å². The minimum absolute atomic E-state index is 0.0590. The molecule has 0 aromatic carbocycles. The van der Waals surface area contributed by atoms with Gasteiger partial charge in [-0.25, -0.2) is 0 Å². The summed E-state index contributed by atoms with van der Waals surface area (Å²) in [7, 11) is 0. The number of carboxylic acids is 1. The van der Waals surface area contributed by atoms with Gasteiger partial charge in [-0.3, -0.25) is 9.69 Å². The van der Waals surface area contributed by atoms with Crippen molar-refractivity contribution in [3.63, 3.8) is 0 Å². The highest BCUT2D eigenvalue weighted by Gasteiger charge is 2.54. The normalized spacial score (nSPS) is 41.7. The molecule has 0 spiro atoms. The molecule has 3 fully saturated rings. The van der Waals surface area contributed by atoms with Crippen LogP contribution >= 0.6 is 0 Å². The lowest BCUT2D eigenvalue weighted by Crippen LogP contribution is -2.57. The van der Waals surface area contributed by atoms with E-state index in [2.05, 4.69) is 11.8 Å². The number of hydrogen-bond acceptors (Lipinski definition) is 2. The number of fused-ring (bicyclic) bond motifs is 2. The van der Waals surface area contributed by atoms with E-state index in [4.69, 9.17) is 0 Å². The van der Waals surface area contributed by atoms with Gasteiger partial charge in [0, 0.05) is 19.1 Å². The second kappa shape index (κ2) is 4.27. The van der Waals surface area contributed by atoms with E-state index < -0.39 is 5.97 Å². The Labute approximate surface area is 103 Å². The Hall–Kier alpha value is -0.570. The number of aliphatic carboxylic acids is 1. The quantitative estimate of drug-likeness (QED) is 0.815. The third kappa shape index (κ3) is 1.79. The summed E-state index contributed by atoms with van der Waals surface area (Å²) in [5, 5.41) is 9.42. The summed E-state index contributed by atoms with van der Waals surface area (Å²) in [6, 6.07) is 0.374. The predicted molar refractivity (Wildman–Crippen MR) is 65.7 cm³/mol. The molecule has 96 valence electrons. The van der Waals surface area contributed by atoms with Crippen molar-refractivity contribution in [2.24, 2.45) is 23.7 Å². The SMILES string of the molecule is CCCC1CN(C2C3CCC(C3)C2C(=O)O)C1. The molecule has 0 amide bonds. The van der Waals surface area contributed by atoms with Gasteiger partial charge in [0.1, 0.15) is 0 Å². The zero-order valence-electron chi connectivity index (χ0n) is 10.6.